The molecule has 0 atom stereocenters. The van der Waals surface area contributed by atoms with Gasteiger partial charge in [0.25, 0.3) is 0 Å². The van der Waals surface area contributed by atoms with Gasteiger partial charge in [0.2, 0.25) is 5.91 Å². The van der Waals surface area contributed by atoms with Crippen LogP contribution in [0.25, 0.3) is 0 Å². The van der Waals surface area contributed by atoms with Crippen molar-refractivity contribution in [3.05, 3.63) is 53.6 Å². The molecule has 1 amide bonds. The molecule has 0 unspecified atom stereocenters. The van der Waals surface area contributed by atoms with Gasteiger partial charge in [-0.3, -0.25) is 4.79 Å². The molecule has 0 spiro atoms. The third-order valence-electron chi connectivity index (χ3n) is 4.95. The van der Waals surface area contributed by atoms with Gasteiger partial charge in [-0.15, -0.1) is 0 Å². The fraction of sp³-hybridized carbons (Fsp3) is 0.423. The lowest BCUT2D eigenvalue weighted by Crippen LogP contribution is -2.16. The van der Waals surface area contributed by atoms with Crippen LogP contribution in [0.2, 0.25) is 0 Å². The van der Waals surface area contributed by atoms with E-state index in [-0.39, 0.29) is 5.91 Å². The van der Waals surface area contributed by atoms with Gasteiger partial charge in [0.15, 0.2) is 11.5 Å². The normalized spacial score (nSPS) is 10.8. The van der Waals surface area contributed by atoms with Gasteiger partial charge >= 0.3 is 5.97 Å². The van der Waals surface area contributed by atoms with E-state index in [9.17, 15) is 9.59 Å². The molecule has 0 heterocycles. The average molecular weight is 455 g/mol. The van der Waals surface area contributed by atoms with E-state index in [0.717, 1.165) is 12.8 Å². The van der Waals surface area contributed by atoms with Gasteiger partial charge in [-0.05, 0) is 61.4 Å². The molecule has 0 saturated carbocycles. The number of hydrogen-bond acceptors (Lipinski definition) is 6. The predicted molar refractivity (Wildman–Crippen MR) is 129 cm³/mol. The summed E-state index contributed by atoms with van der Waals surface area (Å²) in [6.45, 7) is 4.64. The number of hydrogen-bond donors (Lipinski definition) is 1. The number of nitrogens with one attached hydrogen (secondary N) is 1. The van der Waals surface area contributed by atoms with Crippen molar-refractivity contribution in [2.24, 2.45) is 5.10 Å². The summed E-state index contributed by atoms with van der Waals surface area (Å²) < 4.78 is 16.2. The molecule has 0 fully saturated rings. The number of unbranched alkanes of at least 4 members (excludes halogenated alkanes) is 5. The molecule has 33 heavy (non-hydrogen) atoms. The van der Waals surface area contributed by atoms with Crippen LogP contribution in [0, 0.1) is 0 Å². The number of carbonyl (C=O) groups excluding carboxylic acids is 2. The molecule has 0 bridgehead atoms. The number of ether oxygens (including phenoxy) is 3. The lowest BCUT2D eigenvalue weighted by molar-refractivity contribution is -0.121. The van der Waals surface area contributed by atoms with Crippen LogP contribution in [0.4, 0.5) is 0 Å². The van der Waals surface area contributed by atoms with E-state index in [1.54, 1.807) is 42.5 Å². The number of rotatable bonds is 14. The summed E-state index contributed by atoms with van der Waals surface area (Å²) in [5.41, 5.74) is 3.65. The summed E-state index contributed by atoms with van der Waals surface area (Å²) >= 11 is 0. The monoisotopic (exact) mass is 454 g/mol. The highest BCUT2D eigenvalue weighted by Gasteiger charge is 2.13. The maximum Gasteiger partial charge on any atom is 0.343 e. The van der Waals surface area contributed by atoms with Crippen molar-refractivity contribution in [1.82, 2.24) is 5.43 Å². The molecule has 2 rings (SSSR count). The van der Waals surface area contributed by atoms with Gasteiger partial charge in [-0.2, -0.15) is 5.10 Å². The van der Waals surface area contributed by atoms with E-state index in [2.05, 4.69) is 17.5 Å². The second-order valence-corrected chi connectivity index (χ2v) is 7.57. The van der Waals surface area contributed by atoms with Crippen LogP contribution >= 0.6 is 0 Å². The lowest BCUT2D eigenvalue weighted by Gasteiger charge is -2.10. The van der Waals surface area contributed by atoms with Crippen LogP contribution in [0.15, 0.2) is 47.6 Å². The highest BCUT2D eigenvalue weighted by atomic mass is 16.6. The van der Waals surface area contributed by atoms with Gasteiger partial charge in [0.05, 0.1) is 25.5 Å². The molecule has 7 heteroatoms. The zero-order valence-electron chi connectivity index (χ0n) is 19.8. The molecule has 0 aromatic heterocycles. The van der Waals surface area contributed by atoms with Gasteiger partial charge in [-0.1, -0.05) is 39.0 Å². The molecule has 0 aliphatic heterocycles. The minimum atomic E-state index is -0.500. The van der Waals surface area contributed by atoms with E-state index in [0.29, 0.717) is 41.4 Å². The summed E-state index contributed by atoms with van der Waals surface area (Å²) in [4.78, 5) is 24.3. The SMILES string of the molecule is CCCCCCCCC(=O)NN=Cc1ccc(OC(=O)c2ccc(OCC)cc2)c(OC)c1. The molecule has 0 aliphatic carbocycles. The fourth-order valence-corrected chi connectivity index (χ4v) is 3.16. The van der Waals surface area contributed by atoms with E-state index in [4.69, 9.17) is 14.2 Å². The summed E-state index contributed by atoms with van der Waals surface area (Å²) in [5.74, 6) is 0.765. The van der Waals surface area contributed by atoms with Crippen molar-refractivity contribution in [3.8, 4) is 17.2 Å². The summed E-state index contributed by atoms with van der Waals surface area (Å²) in [6, 6.07) is 11.8. The zero-order chi connectivity index (χ0) is 23.9. The largest absolute Gasteiger partial charge is 0.494 e. The minimum absolute atomic E-state index is 0.102. The summed E-state index contributed by atoms with van der Waals surface area (Å²) in [7, 11) is 1.49. The molecule has 0 aliphatic rings. The summed E-state index contributed by atoms with van der Waals surface area (Å²) in [6.07, 6.45) is 8.78. The number of esters is 1. The van der Waals surface area contributed by atoms with E-state index < -0.39 is 5.97 Å². The Kier molecular flexibility index (Phi) is 11.5. The molecule has 0 saturated heterocycles. The number of benzene rings is 2. The number of nitrogens with zero attached hydrogens (tertiary/aromatic N) is 1. The molecular weight excluding hydrogens is 420 g/mol. The van der Waals surface area contributed by atoms with Crippen molar-refractivity contribution in [1.29, 1.82) is 0 Å². The first-order valence-corrected chi connectivity index (χ1v) is 11.5. The maximum atomic E-state index is 12.5. The van der Waals surface area contributed by atoms with Crippen LogP contribution in [0.5, 0.6) is 17.2 Å². The fourth-order valence-electron chi connectivity index (χ4n) is 3.16. The van der Waals surface area contributed by atoms with Gasteiger partial charge in [0, 0.05) is 6.42 Å². The Morgan fingerprint density at radius 2 is 1.67 bits per heavy atom. The lowest BCUT2D eigenvalue weighted by atomic mass is 10.1. The van der Waals surface area contributed by atoms with Crippen molar-refractivity contribution in [3.63, 3.8) is 0 Å². The summed E-state index contributed by atoms with van der Waals surface area (Å²) in [5, 5.41) is 4.01. The minimum Gasteiger partial charge on any atom is -0.494 e. The molecule has 2 aromatic carbocycles. The number of hydrazone groups is 1. The van der Waals surface area contributed by atoms with Crippen molar-refractivity contribution < 1.29 is 23.8 Å². The standard InChI is InChI=1S/C26H34N2O5/c1-4-6-7-8-9-10-11-25(29)28-27-19-20-12-17-23(24(18-20)31-3)33-26(30)21-13-15-22(16-14-21)32-5-2/h12-19H,4-11H2,1-3H3,(H,28,29). The number of amides is 1. The Bertz CT molecular complexity index is 909. The molecule has 7 nitrogen and oxygen atoms in total. The van der Waals surface area contributed by atoms with Crippen molar-refractivity contribution in [2.45, 2.75) is 58.8 Å². The molecule has 2 aromatic rings. The van der Waals surface area contributed by atoms with E-state index in [1.165, 1.54) is 39.0 Å². The Labute approximate surface area is 196 Å². The van der Waals surface area contributed by atoms with Crippen molar-refractivity contribution in [2.75, 3.05) is 13.7 Å². The molecule has 1 N–H and O–H groups in total. The first kappa shape index (κ1) is 25.9. The molecule has 178 valence electrons. The Morgan fingerprint density at radius 3 is 2.36 bits per heavy atom. The van der Waals surface area contributed by atoms with Gasteiger partial charge < -0.3 is 14.2 Å². The van der Waals surface area contributed by atoms with E-state index >= 15 is 0 Å². The third-order valence-corrected chi connectivity index (χ3v) is 4.95. The van der Waals surface area contributed by atoms with Crippen LogP contribution in [-0.4, -0.2) is 31.8 Å². The smallest absolute Gasteiger partial charge is 0.343 e. The van der Waals surface area contributed by atoms with Crippen LogP contribution in [0.3, 0.4) is 0 Å². The second-order valence-electron chi connectivity index (χ2n) is 7.57. The topological polar surface area (TPSA) is 86.2 Å². The zero-order valence-corrected chi connectivity index (χ0v) is 19.8. The van der Waals surface area contributed by atoms with Crippen LogP contribution in [-0.2, 0) is 4.79 Å². The maximum absolute atomic E-state index is 12.5. The number of carbonyl (C=O) groups is 2. The van der Waals surface area contributed by atoms with Gasteiger partial charge in [-0.25, -0.2) is 10.2 Å². The quantitative estimate of drug-likeness (QED) is 0.134. The highest BCUT2D eigenvalue weighted by Crippen LogP contribution is 2.28. The first-order valence-electron chi connectivity index (χ1n) is 11.5. The van der Waals surface area contributed by atoms with Crippen LogP contribution < -0.4 is 19.6 Å². The van der Waals surface area contributed by atoms with Gasteiger partial charge in [0.1, 0.15) is 5.75 Å². The Morgan fingerprint density at radius 1 is 0.939 bits per heavy atom. The number of methoxy groups -OCH3 is 1. The highest BCUT2D eigenvalue weighted by molar-refractivity contribution is 5.91. The predicted octanol–water partition coefficient (Wildman–Crippen LogP) is 5.51. The Hall–Kier alpha value is -3.35. The average Bonchev–Trinajstić information content (AvgIpc) is 2.82. The second kappa shape index (κ2) is 14.7. The van der Waals surface area contributed by atoms with Crippen molar-refractivity contribution >= 4 is 18.1 Å². The Balaban J connectivity index is 1.86. The molecule has 0 radical (unpaired) electrons. The molecular formula is C26H34N2O5. The first-order chi connectivity index (χ1) is 16.1. The van der Waals surface area contributed by atoms with Crippen LogP contribution in [0.1, 0.15) is 74.7 Å². The van der Waals surface area contributed by atoms with E-state index in [1.807, 2.05) is 6.92 Å². The third kappa shape index (κ3) is 9.35.